The van der Waals surface area contributed by atoms with E-state index in [9.17, 15) is 5.11 Å². The van der Waals surface area contributed by atoms with Crippen LogP contribution in [0.1, 0.15) is 27.7 Å². The first-order valence-corrected chi connectivity index (χ1v) is 5.16. The molecule has 0 heterocycles. The Hall–Kier alpha value is -0.380. The molecule has 0 aliphatic heterocycles. The topological polar surface area (TPSA) is 41.5 Å². The van der Waals surface area contributed by atoms with Gasteiger partial charge in [-0.3, -0.25) is 0 Å². The smallest absolute Gasteiger partial charge is 0.0897 e. The summed E-state index contributed by atoms with van der Waals surface area (Å²) in [6.45, 7) is 9.82. The number of hydrogen-bond donors (Lipinski definition) is 2. The van der Waals surface area contributed by atoms with Gasteiger partial charge in [0.2, 0.25) is 0 Å². The summed E-state index contributed by atoms with van der Waals surface area (Å²) in [5, 5.41) is 12.6. The molecule has 2 N–H and O–H groups in total. The summed E-state index contributed by atoms with van der Waals surface area (Å²) in [5.41, 5.74) is 1.28. The summed E-state index contributed by atoms with van der Waals surface area (Å²) in [6.07, 6.45) is 1.86. The molecule has 14 heavy (non-hydrogen) atoms. The van der Waals surface area contributed by atoms with Gasteiger partial charge in [-0.25, -0.2) is 0 Å². The lowest BCUT2D eigenvalue weighted by Gasteiger charge is -2.13. The van der Waals surface area contributed by atoms with Crippen molar-refractivity contribution in [2.24, 2.45) is 0 Å². The Morgan fingerprint density at radius 1 is 1.43 bits per heavy atom. The van der Waals surface area contributed by atoms with Crippen molar-refractivity contribution in [3.63, 3.8) is 0 Å². The Kier molecular flexibility index (Phi) is 7.76. The molecule has 0 saturated heterocycles. The van der Waals surface area contributed by atoms with Gasteiger partial charge in [-0.15, -0.1) is 0 Å². The second-order valence-corrected chi connectivity index (χ2v) is 3.98. The number of allylic oxidation sites excluding steroid dienone is 1. The summed E-state index contributed by atoms with van der Waals surface area (Å²) in [6, 6.07) is 0. The zero-order valence-electron chi connectivity index (χ0n) is 9.71. The Balaban J connectivity index is 3.35. The number of rotatable bonds is 7. The van der Waals surface area contributed by atoms with E-state index in [1.807, 2.05) is 13.8 Å². The minimum absolute atomic E-state index is 0.183. The lowest BCUT2D eigenvalue weighted by molar-refractivity contribution is 0.00675. The average molecular weight is 201 g/mol. The van der Waals surface area contributed by atoms with E-state index in [1.165, 1.54) is 5.57 Å². The monoisotopic (exact) mass is 201 g/mol. The first-order chi connectivity index (χ1) is 6.52. The van der Waals surface area contributed by atoms with Gasteiger partial charge in [0, 0.05) is 13.1 Å². The molecule has 84 valence electrons. The highest BCUT2D eigenvalue weighted by molar-refractivity contribution is 4.94. The van der Waals surface area contributed by atoms with Gasteiger partial charge in [-0.2, -0.15) is 0 Å². The summed E-state index contributed by atoms with van der Waals surface area (Å²) >= 11 is 0. The summed E-state index contributed by atoms with van der Waals surface area (Å²) in [7, 11) is 0. The van der Waals surface area contributed by atoms with Crippen molar-refractivity contribution in [1.82, 2.24) is 5.32 Å². The summed E-state index contributed by atoms with van der Waals surface area (Å²) in [5.74, 6) is 0. The third kappa shape index (κ3) is 9.71. The molecule has 1 unspecified atom stereocenters. The molecular formula is C11H23NO2. The SMILES string of the molecule is CC(C)=CCNCC(O)COC(C)C. The third-order valence-electron chi connectivity index (χ3n) is 1.66. The molecule has 0 aromatic heterocycles. The van der Waals surface area contributed by atoms with Gasteiger partial charge in [0.25, 0.3) is 0 Å². The fourth-order valence-electron chi connectivity index (χ4n) is 0.889. The number of ether oxygens (including phenoxy) is 1. The quantitative estimate of drug-likeness (QED) is 0.482. The molecule has 0 rings (SSSR count). The lowest BCUT2D eigenvalue weighted by atomic mass is 10.3. The molecule has 3 nitrogen and oxygen atoms in total. The molecule has 0 radical (unpaired) electrons. The summed E-state index contributed by atoms with van der Waals surface area (Å²) in [4.78, 5) is 0. The standard InChI is InChI=1S/C11H23NO2/c1-9(2)5-6-12-7-11(13)8-14-10(3)4/h5,10-13H,6-8H2,1-4H3. The highest BCUT2D eigenvalue weighted by Gasteiger charge is 2.03. The number of nitrogens with one attached hydrogen (secondary N) is 1. The van der Waals surface area contributed by atoms with Crippen LogP contribution in [0, 0.1) is 0 Å². The van der Waals surface area contributed by atoms with Crippen LogP contribution in [-0.4, -0.2) is 37.0 Å². The van der Waals surface area contributed by atoms with E-state index in [2.05, 4.69) is 25.2 Å². The van der Waals surface area contributed by atoms with Gasteiger partial charge < -0.3 is 15.2 Å². The average Bonchev–Trinajstić information content (AvgIpc) is 2.08. The van der Waals surface area contributed by atoms with Crippen molar-refractivity contribution in [3.05, 3.63) is 11.6 Å². The molecule has 0 aromatic carbocycles. The second kappa shape index (κ2) is 7.97. The van der Waals surface area contributed by atoms with Gasteiger partial charge in [0.1, 0.15) is 0 Å². The van der Waals surface area contributed by atoms with E-state index < -0.39 is 6.10 Å². The maximum atomic E-state index is 9.46. The van der Waals surface area contributed by atoms with Gasteiger partial charge in [0.05, 0.1) is 18.8 Å². The van der Waals surface area contributed by atoms with Gasteiger partial charge in [0.15, 0.2) is 0 Å². The fraction of sp³-hybridized carbons (Fsp3) is 0.818. The van der Waals surface area contributed by atoms with Crippen LogP contribution < -0.4 is 5.32 Å². The van der Waals surface area contributed by atoms with Crippen LogP contribution in [-0.2, 0) is 4.74 Å². The first-order valence-electron chi connectivity index (χ1n) is 5.16. The van der Waals surface area contributed by atoms with Crippen molar-refractivity contribution < 1.29 is 9.84 Å². The molecular weight excluding hydrogens is 178 g/mol. The Labute approximate surface area is 87.2 Å². The molecule has 0 fully saturated rings. The van der Waals surface area contributed by atoms with E-state index in [1.54, 1.807) is 0 Å². The Bertz CT molecular complexity index is 163. The number of hydrogen-bond acceptors (Lipinski definition) is 3. The van der Waals surface area contributed by atoms with Crippen molar-refractivity contribution >= 4 is 0 Å². The third-order valence-corrected chi connectivity index (χ3v) is 1.66. The summed E-state index contributed by atoms with van der Waals surface area (Å²) < 4.78 is 5.28. The molecule has 0 aliphatic carbocycles. The zero-order valence-corrected chi connectivity index (χ0v) is 9.71. The largest absolute Gasteiger partial charge is 0.389 e. The highest BCUT2D eigenvalue weighted by atomic mass is 16.5. The maximum absolute atomic E-state index is 9.46. The van der Waals surface area contributed by atoms with Crippen molar-refractivity contribution in [1.29, 1.82) is 0 Å². The highest BCUT2D eigenvalue weighted by Crippen LogP contribution is 1.91. The molecule has 0 aliphatic rings. The molecule has 3 heteroatoms. The lowest BCUT2D eigenvalue weighted by Crippen LogP contribution is -2.31. The minimum Gasteiger partial charge on any atom is -0.389 e. The van der Waals surface area contributed by atoms with Crippen LogP contribution in [0.2, 0.25) is 0 Å². The minimum atomic E-state index is -0.414. The van der Waals surface area contributed by atoms with Gasteiger partial charge in [-0.1, -0.05) is 11.6 Å². The molecule has 0 spiro atoms. The van der Waals surface area contributed by atoms with Crippen LogP contribution >= 0.6 is 0 Å². The Morgan fingerprint density at radius 2 is 2.07 bits per heavy atom. The van der Waals surface area contributed by atoms with E-state index in [0.717, 1.165) is 6.54 Å². The van der Waals surface area contributed by atoms with E-state index in [-0.39, 0.29) is 6.10 Å². The second-order valence-electron chi connectivity index (χ2n) is 3.98. The van der Waals surface area contributed by atoms with Gasteiger partial charge in [-0.05, 0) is 27.7 Å². The van der Waals surface area contributed by atoms with Gasteiger partial charge >= 0.3 is 0 Å². The molecule has 0 amide bonds. The normalized spacial score (nSPS) is 13.0. The molecule has 0 aromatic rings. The van der Waals surface area contributed by atoms with Crippen LogP contribution in [0.25, 0.3) is 0 Å². The van der Waals surface area contributed by atoms with Crippen molar-refractivity contribution in [2.45, 2.75) is 39.9 Å². The van der Waals surface area contributed by atoms with Crippen molar-refractivity contribution in [3.8, 4) is 0 Å². The first kappa shape index (κ1) is 13.6. The maximum Gasteiger partial charge on any atom is 0.0897 e. The van der Waals surface area contributed by atoms with Crippen molar-refractivity contribution in [2.75, 3.05) is 19.7 Å². The predicted octanol–water partition coefficient (Wildman–Crippen LogP) is 1.33. The van der Waals surface area contributed by atoms with E-state index >= 15 is 0 Å². The Morgan fingerprint density at radius 3 is 2.57 bits per heavy atom. The predicted molar refractivity (Wildman–Crippen MR) is 59.4 cm³/mol. The fourth-order valence-corrected chi connectivity index (χ4v) is 0.889. The zero-order chi connectivity index (χ0) is 11.0. The number of aliphatic hydroxyl groups is 1. The number of aliphatic hydroxyl groups excluding tert-OH is 1. The van der Waals surface area contributed by atoms with Crippen LogP contribution in [0.5, 0.6) is 0 Å². The van der Waals surface area contributed by atoms with Crippen LogP contribution in [0.3, 0.4) is 0 Å². The van der Waals surface area contributed by atoms with E-state index in [0.29, 0.717) is 13.2 Å². The molecule has 0 saturated carbocycles. The van der Waals surface area contributed by atoms with Crippen LogP contribution in [0.15, 0.2) is 11.6 Å². The molecule has 1 atom stereocenters. The van der Waals surface area contributed by atoms with E-state index in [4.69, 9.17) is 4.74 Å². The molecule has 0 bridgehead atoms. The van der Waals surface area contributed by atoms with Crippen LogP contribution in [0.4, 0.5) is 0 Å².